The minimum atomic E-state index is -0.300. The summed E-state index contributed by atoms with van der Waals surface area (Å²) in [4.78, 5) is 24.5. The number of aromatic nitrogens is 2. The summed E-state index contributed by atoms with van der Waals surface area (Å²) >= 11 is 2.50. The van der Waals surface area contributed by atoms with Gasteiger partial charge in [-0.3, -0.25) is 14.9 Å². The smallest absolute Gasteiger partial charge is 0.261 e. The van der Waals surface area contributed by atoms with Gasteiger partial charge in [0.1, 0.15) is 17.3 Å². The number of ether oxygens (including phenoxy) is 1. The van der Waals surface area contributed by atoms with Crippen LogP contribution in [0, 0.1) is 13.8 Å². The van der Waals surface area contributed by atoms with E-state index >= 15 is 0 Å². The minimum absolute atomic E-state index is 0.0204. The molecule has 0 fully saturated rings. The first kappa shape index (κ1) is 19.1. The number of nitrogens with zero attached hydrogens (tertiary/aromatic N) is 2. The molecule has 0 unspecified atom stereocenters. The van der Waals surface area contributed by atoms with Crippen LogP contribution >= 0.6 is 23.1 Å². The van der Waals surface area contributed by atoms with Crippen LogP contribution in [0.5, 0.6) is 5.75 Å². The predicted octanol–water partition coefficient (Wildman–Crippen LogP) is 3.98. The lowest BCUT2D eigenvalue weighted by molar-refractivity contribution is 0.101. The number of nitrogens with one attached hydrogen (secondary N) is 1. The first-order valence-corrected chi connectivity index (χ1v) is 9.78. The number of thioether (sulfide) groups is 1. The molecule has 2 aromatic heterocycles. The Morgan fingerprint density at radius 3 is 2.59 bits per heavy atom. The van der Waals surface area contributed by atoms with Crippen LogP contribution < -0.4 is 10.1 Å². The zero-order valence-electron chi connectivity index (χ0n) is 14.9. The van der Waals surface area contributed by atoms with E-state index in [-0.39, 0.29) is 17.4 Å². The third-order valence-corrected chi connectivity index (χ3v) is 5.62. The van der Waals surface area contributed by atoms with Gasteiger partial charge in [-0.15, -0.1) is 10.2 Å². The predicted molar refractivity (Wildman–Crippen MR) is 104 cm³/mol. The zero-order valence-corrected chi connectivity index (χ0v) is 16.6. The molecule has 7 nitrogen and oxygen atoms in total. The van der Waals surface area contributed by atoms with Gasteiger partial charge in [-0.2, -0.15) is 0 Å². The molecule has 0 aliphatic heterocycles. The number of benzene rings is 1. The summed E-state index contributed by atoms with van der Waals surface area (Å²) in [5, 5.41) is 11.0. The van der Waals surface area contributed by atoms with Crippen molar-refractivity contribution in [1.29, 1.82) is 0 Å². The molecule has 0 saturated heterocycles. The Hall–Kier alpha value is -2.65. The summed E-state index contributed by atoms with van der Waals surface area (Å²) in [6.45, 7) is 3.51. The van der Waals surface area contributed by atoms with E-state index in [1.54, 1.807) is 51.3 Å². The number of anilines is 1. The van der Waals surface area contributed by atoms with Crippen LogP contribution in [0.25, 0.3) is 0 Å². The number of ketones is 1. The third-order valence-electron chi connectivity index (χ3n) is 3.65. The number of amides is 1. The Balaban J connectivity index is 1.56. The second-order valence-corrected chi connectivity index (χ2v) is 7.79. The average Bonchev–Trinajstić information content (AvgIpc) is 3.25. The van der Waals surface area contributed by atoms with Gasteiger partial charge in [0.15, 0.2) is 10.1 Å². The highest BCUT2D eigenvalue weighted by molar-refractivity contribution is 8.01. The number of carbonyl (C=O) groups excluding carboxylic acids is 2. The van der Waals surface area contributed by atoms with Crippen molar-refractivity contribution in [3.05, 3.63) is 53.0 Å². The van der Waals surface area contributed by atoms with Crippen molar-refractivity contribution >= 4 is 39.9 Å². The van der Waals surface area contributed by atoms with Crippen LogP contribution in [0.15, 0.2) is 39.1 Å². The summed E-state index contributed by atoms with van der Waals surface area (Å²) in [5.74, 6) is 1.83. The highest BCUT2D eigenvalue weighted by atomic mass is 32.2. The van der Waals surface area contributed by atoms with E-state index in [0.29, 0.717) is 37.9 Å². The Kier molecular flexibility index (Phi) is 5.92. The van der Waals surface area contributed by atoms with Crippen LogP contribution in [-0.4, -0.2) is 34.8 Å². The number of rotatable bonds is 7. The van der Waals surface area contributed by atoms with E-state index in [0.717, 1.165) is 0 Å². The molecule has 0 spiro atoms. The number of aryl methyl sites for hydroxylation is 2. The Morgan fingerprint density at radius 1 is 1.22 bits per heavy atom. The number of methoxy groups -OCH3 is 1. The molecule has 0 aliphatic carbocycles. The van der Waals surface area contributed by atoms with E-state index in [4.69, 9.17) is 9.15 Å². The largest absolute Gasteiger partial charge is 0.497 e. The number of Topliss-reactive ketones (excluding diaryl/α,β-unsaturated/α-hetero) is 1. The monoisotopic (exact) mass is 403 g/mol. The topological polar surface area (TPSA) is 94.3 Å². The number of hydrogen-bond donors (Lipinski definition) is 1. The molecule has 3 aromatic rings. The maximum atomic E-state index is 12.3. The van der Waals surface area contributed by atoms with E-state index in [1.165, 1.54) is 23.1 Å². The van der Waals surface area contributed by atoms with Crippen molar-refractivity contribution in [2.45, 2.75) is 18.2 Å². The summed E-state index contributed by atoms with van der Waals surface area (Å²) in [5.41, 5.74) is 1.07. The molecule has 0 radical (unpaired) electrons. The van der Waals surface area contributed by atoms with E-state index < -0.39 is 0 Å². The van der Waals surface area contributed by atoms with Crippen molar-refractivity contribution in [3.63, 3.8) is 0 Å². The molecule has 0 aliphatic rings. The van der Waals surface area contributed by atoms with Gasteiger partial charge in [0.2, 0.25) is 5.13 Å². The molecule has 1 amide bonds. The molecule has 27 heavy (non-hydrogen) atoms. The molecular weight excluding hydrogens is 386 g/mol. The van der Waals surface area contributed by atoms with Crippen molar-refractivity contribution in [3.8, 4) is 5.75 Å². The molecule has 1 N–H and O–H groups in total. The summed E-state index contributed by atoms with van der Waals surface area (Å²) in [6.07, 6.45) is 0. The molecule has 3 rings (SSSR count). The molecule has 2 heterocycles. The van der Waals surface area contributed by atoms with Crippen molar-refractivity contribution in [1.82, 2.24) is 10.2 Å². The molecule has 0 bridgehead atoms. The third kappa shape index (κ3) is 4.75. The van der Waals surface area contributed by atoms with Crippen LogP contribution in [0.1, 0.15) is 32.2 Å². The highest BCUT2D eigenvalue weighted by Crippen LogP contribution is 2.27. The van der Waals surface area contributed by atoms with E-state index in [9.17, 15) is 9.59 Å². The molecule has 0 saturated carbocycles. The second-order valence-electron chi connectivity index (χ2n) is 5.59. The Morgan fingerprint density at radius 2 is 1.96 bits per heavy atom. The normalized spacial score (nSPS) is 10.6. The van der Waals surface area contributed by atoms with Crippen molar-refractivity contribution in [2.75, 3.05) is 18.2 Å². The van der Waals surface area contributed by atoms with Gasteiger partial charge in [0.25, 0.3) is 5.91 Å². The van der Waals surface area contributed by atoms with E-state index in [1.807, 2.05) is 0 Å². The number of hydrogen-bond acceptors (Lipinski definition) is 8. The molecule has 140 valence electrons. The zero-order chi connectivity index (χ0) is 19.4. The van der Waals surface area contributed by atoms with Gasteiger partial charge >= 0.3 is 0 Å². The van der Waals surface area contributed by atoms with Gasteiger partial charge < -0.3 is 9.15 Å². The first-order valence-electron chi connectivity index (χ1n) is 7.98. The van der Waals surface area contributed by atoms with E-state index in [2.05, 4.69) is 15.5 Å². The minimum Gasteiger partial charge on any atom is -0.497 e. The number of carbonyl (C=O) groups is 2. The van der Waals surface area contributed by atoms with Crippen LogP contribution in [0.3, 0.4) is 0 Å². The summed E-state index contributed by atoms with van der Waals surface area (Å²) < 4.78 is 11.0. The van der Waals surface area contributed by atoms with Gasteiger partial charge in [0.05, 0.1) is 18.4 Å². The molecule has 0 atom stereocenters. The highest BCUT2D eigenvalue weighted by Gasteiger charge is 2.16. The number of furan rings is 1. The summed E-state index contributed by atoms with van der Waals surface area (Å²) in [6, 6.07) is 8.62. The fraction of sp³-hybridized carbons (Fsp3) is 0.222. The molecule has 1 aromatic carbocycles. The average molecular weight is 403 g/mol. The Labute approximate surface area is 164 Å². The quantitative estimate of drug-likeness (QED) is 0.362. The van der Waals surface area contributed by atoms with Crippen LogP contribution in [0.4, 0.5) is 5.13 Å². The standard InChI is InChI=1S/C18H17N3O4S2/c1-10-8-14(11(2)25-10)16(23)19-17-20-21-18(27-17)26-9-15(22)12-4-6-13(24-3)7-5-12/h4-8H,9H2,1-3H3,(H,19,20,23). The van der Waals surface area contributed by atoms with Gasteiger partial charge in [0, 0.05) is 5.56 Å². The van der Waals surface area contributed by atoms with Crippen LogP contribution in [0.2, 0.25) is 0 Å². The lowest BCUT2D eigenvalue weighted by Crippen LogP contribution is -2.11. The fourth-order valence-electron chi connectivity index (χ4n) is 2.33. The maximum absolute atomic E-state index is 12.3. The van der Waals surface area contributed by atoms with Crippen LogP contribution in [-0.2, 0) is 0 Å². The lowest BCUT2D eigenvalue weighted by Gasteiger charge is -2.01. The van der Waals surface area contributed by atoms with Crippen molar-refractivity contribution in [2.24, 2.45) is 0 Å². The summed E-state index contributed by atoms with van der Waals surface area (Å²) in [7, 11) is 1.58. The van der Waals surface area contributed by atoms with Gasteiger partial charge in [-0.25, -0.2) is 0 Å². The molecule has 9 heteroatoms. The maximum Gasteiger partial charge on any atom is 0.261 e. The molecular formula is C18H17N3O4S2. The fourth-order valence-corrected chi connectivity index (χ4v) is 3.97. The second kappa shape index (κ2) is 8.36. The first-order chi connectivity index (χ1) is 13.0. The lowest BCUT2D eigenvalue weighted by atomic mass is 10.1. The SMILES string of the molecule is COc1ccc(C(=O)CSc2nnc(NC(=O)c3cc(C)oc3C)s2)cc1. The van der Waals surface area contributed by atoms with Crippen molar-refractivity contribution < 1.29 is 18.7 Å². The van der Waals surface area contributed by atoms with Gasteiger partial charge in [-0.05, 0) is 44.2 Å². The Bertz CT molecular complexity index is 963. The van der Waals surface area contributed by atoms with Gasteiger partial charge in [-0.1, -0.05) is 23.1 Å².